The van der Waals surface area contributed by atoms with Gasteiger partial charge in [0.1, 0.15) is 6.04 Å². The number of aliphatic carboxylic acids is 1. The molecule has 0 aromatic heterocycles. The van der Waals surface area contributed by atoms with E-state index in [9.17, 15) is 9.59 Å². The normalized spacial score (nSPS) is 13.0. The van der Waals surface area contributed by atoms with Gasteiger partial charge in [-0.1, -0.05) is 61.4 Å². The van der Waals surface area contributed by atoms with Crippen molar-refractivity contribution in [2.24, 2.45) is 17.2 Å². The first kappa shape index (κ1) is 32.0. The third kappa shape index (κ3) is 17.5. The number of carbonyl (C=O) groups is 3. The van der Waals surface area contributed by atoms with Gasteiger partial charge < -0.3 is 27.6 Å². The van der Waals surface area contributed by atoms with Gasteiger partial charge >= 0.3 is 5.97 Å². The SMILES string of the molecule is NC=O.NCCCCC(N)C(=O)O.O=C1CCCCCN1.[Ag].c1ccc2ccccc2c1. The van der Waals surface area contributed by atoms with Gasteiger partial charge in [-0.25, -0.2) is 0 Å². The summed E-state index contributed by atoms with van der Waals surface area (Å²) < 4.78 is 0. The molecule has 0 spiro atoms. The van der Waals surface area contributed by atoms with Crippen LogP contribution in [-0.4, -0.2) is 42.5 Å². The van der Waals surface area contributed by atoms with Gasteiger partial charge in [0.25, 0.3) is 0 Å². The Hall–Kier alpha value is -2.23. The van der Waals surface area contributed by atoms with Crippen molar-refractivity contribution in [1.82, 2.24) is 5.32 Å². The Morgan fingerprint density at radius 1 is 1.03 bits per heavy atom. The fraction of sp³-hybridized carbons (Fsp3) is 0.435. The fourth-order valence-electron chi connectivity index (χ4n) is 2.67. The smallest absolute Gasteiger partial charge is 0.320 e. The fourth-order valence-corrected chi connectivity index (χ4v) is 2.67. The van der Waals surface area contributed by atoms with E-state index in [0.29, 0.717) is 13.0 Å². The van der Waals surface area contributed by atoms with E-state index in [4.69, 9.17) is 21.4 Å². The monoisotopic (exact) mass is 539 g/mol. The summed E-state index contributed by atoms with van der Waals surface area (Å²) in [5.41, 5.74) is 14.6. The Balaban J connectivity index is 0. The van der Waals surface area contributed by atoms with Crippen molar-refractivity contribution >= 4 is 29.1 Å². The van der Waals surface area contributed by atoms with E-state index >= 15 is 0 Å². The molecule has 2 aromatic rings. The predicted molar refractivity (Wildman–Crippen MR) is 124 cm³/mol. The Kier molecular flexibility index (Phi) is 21.9. The van der Waals surface area contributed by atoms with E-state index in [2.05, 4.69) is 59.6 Å². The van der Waals surface area contributed by atoms with Crippen LogP contribution in [-0.2, 0) is 36.8 Å². The largest absolute Gasteiger partial charge is 0.480 e. The molecule has 1 saturated heterocycles. The molecule has 1 radical (unpaired) electrons. The maximum atomic E-state index is 10.6. The van der Waals surface area contributed by atoms with Crippen molar-refractivity contribution in [3.05, 3.63) is 48.5 Å². The van der Waals surface area contributed by atoms with Crippen LogP contribution in [0.15, 0.2) is 48.5 Å². The second-order valence-electron chi connectivity index (χ2n) is 6.87. The van der Waals surface area contributed by atoms with Crippen LogP contribution in [0.3, 0.4) is 0 Å². The molecule has 9 heteroatoms. The van der Waals surface area contributed by atoms with Gasteiger partial charge in [-0.05, 0) is 43.0 Å². The average molecular weight is 540 g/mol. The molecule has 0 aliphatic carbocycles. The Bertz CT molecular complexity index is 686. The molecule has 8 N–H and O–H groups in total. The number of primary amides is 1. The molecule has 0 saturated carbocycles. The summed E-state index contributed by atoms with van der Waals surface area (Å²) in [5, 5.41) is 13.8. The zero-order valence-electron chi connectivity index (χ0n) is 18.3. The number of unbranched alkanes of at least 4 members (excludes halogenated alkanes) is 1. The van der Waals surface area contributed by atoms with Crippen molar-refractivity contribution in [3.63, 3.8) is 0 Å². The molecular weight excluding hydrogens is 504 g/mol. The van der Waals surface area contributed by atoms with E-state index in [-0.39, 0.29) is 34.7 Å². The van der Waals surface area contributed by atoms with Gasteiger partial charge in [0.15, 0.2) is 0 Å². The van der Waals surface area contributed by atoms with Gasteiger partial charge in [-0.3, -0.25) is 14.4 Å². The maximum absolute atomic E-state index is 10.6. The number of nitrogens with two attached hydrogens (primary N) is 3. The number of carbonyl (C=O) groups excluding carboxylic acids is 2. The van der Waals surface area contributed by atoms with E-state index in [1.54, 1.807) is 0 Å². The molecule has 3 rings (SSSR count). The van der Waals surface area contributed by atoms with Crippen LogP contribution >= 0.6 is 0 Å². The standard InChI is InChI=1S/C10H8.C6H14N2O2.C6H11NO.CH3NO.Ag/c1-2-6-10-8-4-3-7-9(10)5-1;7-4-2-1-3-5(8)6(9)10;8-6-4-2-1-3-5-7-6;2-1-3;/h1-8H;5H,1-4,7-8H2,(H,9,10);1-5H2,(H,7,8);1H,(H2,2,3);. The van der Waals surface area contributed by atoms with Crippen LogP contribution < -0.4 is 22.5 Å². The van der Waals surface area contributed by atoms with E-state index in [1.165, 1.54) is 17.2 Å². The van der Waals surface area contributed by atoms with Crippen LogP contribution in [0.4, 0.5) is 0 Å². The van der Waals surface area contributed by atoms with Crippen molar-refractivity contribution < 1.29 is 41.9 Å². The molecule has 1 atom stereocenters. The Labute approximate surface area is 205 Å². The van der Waals surface area contributed by atoms with E-state index in [1.807, 2.05) is 0 Å². The predicted octanol–water partition coefficient (Wildman–Crippen LogP) is 2.14. The number of nitrogens with one attached hydrogen (secondary N) is 1. The minimum Gasteiger partial charge on any atom is -0.480 e. The minimum atomic E-state index is -0.933. The summed E-state index contributed by atoms with van der Waals surface area (Å²) in [4.78, 5) is 29.3. The number of hydrogen-bond acceptors (Lipinski definition) is 5. The molecule has 1 fully saturated rings. The zero-order valence-corrected chi connectivity index (χ0v) is 19.8. The average Bonchev–Trinajstić information content (AvgIpc) is 3.03. The molecule has 8 nitrogen and oxygen atoms in total. The molecule has 1 aliphatic rings. The molecule has 2 aromatic carbocycles. The third-order valence-corrected chi connectivity index (χ3v) is 4.35. The first-order valence-corrected chi connectivity index (χ1v) is 10.5. The third-order valence-electron chi connectivity index (χ3n) is 4.35. The first-order valence-electron chi connectivity index (χ1n) is 10.5. The van der Waals surface area contributed by atoms with Gasteiger partial charge in [-0.2, -0.15) is 0 Å². The summed E-state index contributed by atoms with van der Waals surface area (Å²) >= 11 is 0. The van der Waals surface area contributed by atoms with Crippen molar-refractivity contribution in [2.75, 3.05) is 13.1 Å². The molecule has 1 unspecified atom stereocenters. The van der Waals surface area contributed by atoms with Crippen LogP contribution in [0.1, 0.15) is 44.9 Å². The summed E-state index contributed by atoms with van der Waals surface area (Å²) in [7, 11) is 0. The summed E-state index contributed by atoms with van der Waals surface area (Å²) in [6, 6.07) is 16.0. The van der Waals surface area contributed by atoms with Gasteiger partial charge in [0.2, 0.25) is 12.3 Å². The Morgan fingerprint density at radius 3 is 1.97 bits per heavy atom. The van der Waals surface area contributed by atoms with Crippen LogP contribution in [0, 0.1) is 0 Å². The van der Waals surface area contributed by atoms with E-state index < -0.39 is 12.0 Å². The summed E-state index contributed by atoms with van der Waals surface area (Å²) in [6.07, 6.45) is 6.59. The van der Waals surface area contributed by atoms with Crippen LogP contribution in [0.5, 0.6) is 0 Å². The molecule has 2 amide bonds. The van der Waals surface area contributed by atoms with Gasteiger partial charge in [0.05, 0.1) is 0 Å². The maximum Gasteiger partial charge on any atom is 0.320 e. The zero-order chi connectivity index (χ0) is 23.3. The van der Waals surface area contributed by atoms with Crippen molar-refractivity contribution in [3.8, 4) is 0 Å². The number of carboxylic acid groups (broad SMARTS) is 1. The number of rotatable bonds is 5. The second kappa shape index (κ2) is 22.0. The van der Waals surface area contributed by atoms with E-state index in [0.717, 1.165) is 38.6 Å². The molecule has 32 heavy (non-hydrogen) atoms. The summed E-state index contributed by atoms with van der Waals surface area (Å²) in [5.74, 6) is -0.709. The number of amides is 2. The number of carboxylic acids is 1. The molecule has 1 aliphatic heterocycles. The molecule has 183 valence electrons. The van der Waals surface area contributed by atoms with Gasteiger partial charge in [0, 0.05) is 35.3 Å². The topological polar surface area (TPSA) is 162 Å². The molecule has 1 heterocycles. The second-order valence-corrected chi connectivity index (χ2v) is 6.87. The number of fused-ring (bicyclic) bond motifs is 1. The van der Waals surface area contributed by atoms with Crippen molar-refractivity contribution in [2.45, 2.75) is 51.0 Å². The molecular formula is C23H36AgN4O4. The quantitative estimate of drug-likeness (QED) is 0.222. The van der Waals surface area contributed by atoms with Gasteiger partial charge in [-0.15, -0.1) is 0 Å². The first-order chi connectivity index (χ1) is 15.0. The molecule has 0 bridgehead atoms. The summed E-state index contributed by atoms with van der Waals surface area (Å²) in [6.45, 7) is 1.49. The minimum absolute atomic E-state index is 0. The number of hydrogen-bond donors (Lipinski definition) is 5. The van der Waals surface area contributed by atoms with Crippen LogP contribution in [0.25, 0.3) is 10.8 Å². The van der Waals surface area contributed by atoms with Crippen LogP contribution in [0.2, 0.25) is 0 Å². The van der Waals surface area contributed by atoms with Crippen molar-refractivity contribution in [1.29, 1.82) is 0 Å². The number of benzene rings is 2. The Morgan fingerprint density at radius 2 is 1.53 bits per heavy atom.